The molecule has 0 bridgehead atoms. The lowest BCUT2D eigenvalue weighted by Gasteiger charge is -2.37. The summed E-state index contributed by atoms with van der Waals surface area (Å²) in [5.41, 5.74) is 3.49. The summed E-state index contributed by atoms with van der Waals surface area (Å²) in [5, 5.41) is 8.57. The molecule has 9 rings (SSSR count). The van der Waals surface area contributed by atoms with Crippen molar-refractivity contribution in [3.8, 4) is 5.75 Å². The van der Waals surface area contributed by atoms with Gasteiger partial charge in [-0.15, -0.1) is 0 Å². The van der Waals surface area contributed by atoms with Crippen LogP contribution in [0.1, 0.15) is 84.1 Å². The highest BCUT2D eigenvalue weighted by atomic mass is 19.3. The van der Waals surface area contributed by atoms with E-state index in [1.54, 1.807) is 29.2 Å². The van der Waals surface area contributed by atoms with Crippen molar-refractivity contribution in [2.75, 3.05) is 86.5 Å². The lowest BCUT2D eigenvalue weighted by molar-refractivity contribution is -0.140. The van der Waals surface area contributed by atoms with E-state index in [2.05, 4.69) is 35.7 Å². The Bertz CT molecular complexity index is 2420. The summed E-state index contributed by atoms with van der Waals surface area (Å²) >= 11 is 0. The summed E-state index contributed by atoms with van der Waals surface area (Å²) in [6, 6.07) is 9.61. The average molecular weight is 912 g/mol. The van der Waals surface area contributed by atoms with Gasteiger partial charge in [0.1, 0.15) is 17.5 Å². The minimum Gasteiger partial charge on any atom is -0.495 e. The topological polar surface area (TPSA) is 193 Å². The Morgan fingerprint density at radius 3 is 2.41 bits per heavy atom. The fraction of sp³-hybridized carbons (Fsp3) is 0.522. The van der Waals surface area contributed by atoms with Gasteiger partial charge in [0.05, 0.1) is 25.5 Å². The molecule has 3 N–H and O–H groups in total. The maximum absolute atomic E-state index is 15.1. The number of halogens is 2. The SMILES string of the molecule is COc1cc(C(=O)NC2CCN(C(=O)CCN3CCN(c4cccc5c4CN(C4CCC(=O)NC4=O)C5=O)CC3)CC2)ccc1Nc1ncc2c(n1)N(C1CCCC1)CC(F)(F)C(=O)N2C. The number of hydrogen-bond acceptors (Lipinski definition) is 13. The number of piperidine rings is 2. The number of fused-ring (bicyclic) bond motifs is 2. The van der Waals surface area contributed by atoms with Crippen molar-refractivity contribution >= 4 is 64.3 Å². The molecule has 1 unspecified atom stereocenters. The summed E-state index contributed by atoms with van der Waals surface area (Å²) in [6.45, 7) is 4.18. The molecule has 4 fully saturated rings. The Labute approximate surface area is 381 Å². The molecule has 0 radical (unpaired) electrons. The third-order valence-corrected chi connectivity index (χ3v) is 13.9. The lowest BCUT2D eigenvalue weighted by Crippen LogP contribution is -2.52. The molecule has 1 atom stereocenters. The van der Waals surface area contributed by atoms with Crippen LogP contribution in [0.25, 0.3) is 0 Å². The van der Waals surface area contributed by atoms with E-state index < -0.39 is 30.3 Å². The van der Waals surface area contributed by atoms with Crippen LogP contribution in [0.3, 0.4) is 0 Å². The Kier molecular flexibility index (Phi) is 12.5. The zero-order valence-corrected chi connectivity index (χ0v) is 37.2. The molecule has 3 aromatic rings. The van der Waals surface area contributed by atoms with Crippen LogP contribution in [0, 0.1) is 0 Å². The summed E-state index contributed by atoms with van der Waals surface area (Å²) < 4.78 is 35.7. The number of methoxy groups -OCH3 is 1. The van der Waals surface area contributed by atoms with Crippen molar-refractivity contribution in [2.45, 2.75) is 88.4 Å². The number of hydrogen-bond donors (Lipinski definition) is 3. The number of alkyl halides is 2. The number of carbonyl (C=O) groups is 6. The number of likely N-dealkylation sites (tertiary alicyclic amines) is 1. The van der Waals surface area contributed by atoms with Gasteiger partial charge in [-0.2, -0.15) is 13.8 Å². The second kappa shape index (κ2) is 18.4. The second-order valence-corrected chi connectivity index (χ2v) is 18.0. The van der Waals surface area contributed by atoms with Crippen molar-refractivity contribution in [3.63, 3.8) is 0 Å². The summed E-state index contributed by atoms with van der Waals surface area (Å²) in [7, 11) is 2.77. The van der Waals surface area contributed by atoms with Gasteiger partial charge in [-0.25, -0.2) is 4.98 Å². The monoisotopic (exact) mass is 911 g/mol. The number of aromatic nitrogens is 2. The van der Waals surface area contributed by atoms with Gasteiger partial charge in [-0.05, 0) is 62.4 Å². The van der Waals surface area contributed by atoms with Gasteiger partial charge in [0.15, 0.2) is 5.82 Å². The van der Waals surface area contributed by atoms with Crippen molar-refractivity contribution in [2.24, 2.45) is 0 Å². The van der Waals surface area contributed by atoms with E-state index in [-0.39, 0.29) is 59.6 Å². The van der Waals surface area contributed by atoms with Crippen molar-refractivity contribution in [1.82, 2.24) is 35.3 Å². The van der Waals surface area contributed by atoms with E-state index in [4.69, 9.17) is 4.74 Å². The minimum absolute atomic E-state index is 0.0751. The van der Waals surface area contributed by atoms with Crippen LogP contribution >= 0.6 is 0 Å². The maximum Gasteiger partial charge on any atom is 0.342 e. The van der Waals surface area contributed by atoms with Gasteiger partial charge in [0.2, 0.25) is 23.7 Å². The van der Waals surface area contributed by atoms with Gasteiger partial charge in [-0.3, -0.25) is 39.0 Å². The standard InChI is InChI=1S/C46H55F2N11O7/c1-54-36-25-49-45(53-40(36)59(30-6-3-4-7-30)27-46(47,48)44(54)65)51-33-11-10-28(24-37(33)66-2)41(62)50-29-14-18-57(19-15-29)39(61)16-17-55-20-22-56(23-21-55)34-9-5-8-31-32(34)26-58(43(31)64)35-12-13-38(60)52-42(35)63/h5,8-11,24-25,29-30,35H,3-4,6-7,12-23,26-27H2,1-2H3,(H,50,62)(H,49,51,53)(H,52,60,63). The Morgan fingerprint density at radius 2 is 1.68 bits per heavy atom. The third kappa shape index (κ3) is 8.93. The molecule has 66 heavy (non-hydrogen) atoms. The normalized spacial score (nSPS) is 21.7. The molecule has 20 heteroatoms. The molecule has 0 spiro atoms. The van der Waals surface area contributed by atoms with Crippen LogP contribution in [0.4, 0.5) is 37.6 Å². The summed E-state index contributed by atoms with van der Waals surface area (Å²) in [4.78, 5) is 96.5. The van der Waals surface area contributed by atoms with Gasteiger partial charge in [-0.1, -0.05) is 18.9 Å². The fourth-order valence-electron chi connectivity index (χ4n) is 10.2. The van der Waals surface area contributed by atoms with Gasteiger partial charge in [0.25, 0.3) is 17.7 Å². The first-order valence-corrected chi connectivity index (χ1v) is 22.8. The highest BCUT2D eigenvalue weighted by molar-refractivity contribution is 6.06. The van der Waals surface area contributed by atoms with Crippen LogP contribution in [-0.4, -0.2) is 151 Å². The number of benzene rings is 2. The van der Waals surface area contributed by atoms with Gasteiger partial charge >= 0.3 is 5.92 Å². The van der Waals surface area contributed by atoms with Crippen LogP contribution < -0.4 is 35.4 Å². The molecule has 350 valence electrons. The number of ether oxygens (including phenoxy) is 1. The van der Waals surface area contributed by atoms with Crippen molar-refractivity contribution in [1.29, 1.82) is 0 Å². The number of rotatable bonds is 11. The Balaban J connectivity index is 0.739. The molecular weight excluding hydrogens is 857 g/mol. The predicted molar refractivity (Wildman–Crippen MR) is 239 cm³/mol. The van der Waals surface area contributed by atoms with E-state index in [1.165, 1.54) is 25.3 Å². The molecule has 2 aromatic carbocycles. The third-order valence-electron chi connectivity index (χ3n) is 13.9. The average Bonchev–Trinajstić information content (AvgIpc) is 3.97. The number of carbonyl (C=O) groups excluding carboxylic acids is 6. The zero-order chi connectivity index (χ0) is 46.3. The minimum atomic E-state index is -3.59. The molecule has 3 saturated heterocycles. The lowest BCUT2D eigenvalue weighted by atomic mass is 10.0. The molecule has 18 nitrogen and oxygen atoms in total. The first-order chi connectivity index (χ1) is 31.8. The zero-order valence-electron chi connectivity index (χ0n) is 37.2. The highest BCUT2D eigenvalue weighted by Gasteiger charge is 2.49. The number of piperazine rings is 1. The first kappa shape index (κ1) is 44.7. The smallest absolute Gasteiger partial charge is 0.342 e. The predicted octanol–water partition coefficient (Wildman–Crippen LogP) is 3.28. The summed E-state index contributed by atoms with van der Waals surface area (Å²) in [6.07, 6.45) is 6.75. The number of nitrogens with zero attached hydrogens (tertiary/aromatic N) is 8. The molecule has 1 aromatic heterocycles. The van der Waals surface area contributed by atoms with Crippen LogP contribution in [0.15, 0.2) is 42.6 Å². The first-order valence-electron chi connectivity index (χ1n) is 22.8. The van der Waals surface area contributed by atoms with E-state index in [0.717, 1.165) is 68.0 Å². The van der Waals surface area contributed by atoms with E-state index in [9.17, 15) is 28.8 Å². The molecule has 6 heterocycles. The van der Waals surface area contributed by atoms with Crippen LogP contribution in [0.2, 0.25) is 0 Å². The largest absolute Gasteiger partial charge is 0.495 e. The number of imide groups is 1. The highest BCUT2D eigenvalue weighted by Crippen LogP contribution is 2.40. The molecule has 5 aliphatic heterocycles. The van der Waals surface area contributed by atoms with Gasteiger partial charge in [0, 0.05) is 107 Å². The number of anilines is 5. The summed E-state index contributed by atoms with van der Waals surface area (Å²) in [5.74, 6) is -5.33. The molecule has 1 aliphatic carbocycles. The Hall–Kier alpha value is -6.44. The molecule has 6 amide bonds. The van der Waals surface area contributed by atoms with E-state index >= 15 is 8.78 Å². The Morgan fingerprint density at radius 1 is 0.924 bits per heavy atom. The van der Waals surface area contributed by atoms with Crippen molar-refractivity contribution in [3.05, 3.63) is 59.3 Å². The fourth-order valence-corrected chi connectivity index (χ4v) is 10.2. The van der Waals surface area contributed by atoms with E-state index in [0.29, 0.717) is 74.4 Å². The quantitative estimate of drug-likeness (QED) is 0.238. The van der Waals surface area contributed by atoms with Crippen LogP contribution in [-0.2, 0) is 25.7 Å². The molecule has 1 saturated carbocycles. The number of amides is 6. The molecular formula is C46H55F2N11O7. The maximum atomic E-state index is 15.1. The van der Waals surface area contributed by atoms with Gasteiger partial charge < -0.3 is 39.9 Å². The van der Waals surface area contributed by atoms with E-state index in [1.807, 2.05) is 17.0 Å². The van der Waals surface area contributed by atoms with Crippen molar-refractivity contribution < 1.29 is 42.3 Å². The number of nitrogens with one attached hydrogen (secondary N) is 3. The second-order valence-electron chi connectivity index (χ2n) is 18.0. The molecule has 6 aliphatic rings. The van der Waals surface area contributed by atoms with Crippen LogP contribution in [0.5, 0.6) is 5.75 Å².